The van der Waals surface area contributed by atoms with E-state index in [1.54, 1.807) is 0 Å². The van der Waals surface area contributed by atoms with Crippen LogP contribution in [0.3, 0.4) is 0 Å². The molecule has 182 valence electrons. The van der Waals surface area contributed by atoms with Crippen molar-refractivity contribution in [1.82, 2.24) is 0 Å². The number of esters is 2. The van der Waals surface area contributed by atoms with E-state index >= 15 is 0 Å². The summed E-state index contributed by atoms with van der Waals surface area (Å²) in [6.45, 7) is 0. The molecular formula is C18H32N4O8Pt. The Morgan fingerprint density at radius 2 is 1.10 bits per heavy atom. The van der Waals surface area contributed by atoms with Crippen LogP contribution < -0.4 is 0 Å². The number of rotatable bonds is 8. The largest absolute Gasteiger partial charge is 4.00 e. The van der Waals surface area contributed by atoms with E-state index in [9.17, 15) is 19.2 Å². The molecule has 31 heavy (non-hydrogen) atoms. The number of carbonyl (C=O) groups excluding carboxylic acids is 2. The molecule has 13 heteroatoms. The van der Waals surface area contributed by atoms with Crippen molar-refractivity contribution in [3.63, 3.8) is 0 Å². The van der Waals surface area contributed by atoms with Crippen molar-refractivity contribution >= 4 is 23.9 Å². The van der Waals surface area contributed by atoms with Crippen LogP contribution in [0.1, 0.15) is 51.4 Å². The number of hydrogen-bond donors (Lipinski definition) is 2. The van der Waals surface area contributed by atoms with Gasteiger partial charge >= 0.3 is 33.0 Å². The van der Waals surface area contributed by atoms with Gasteiger partial charge in [-0.05, 0) is 24.9 Å². The van der Waals surface area contributed by atoms with E-state index in [1.807, 2.05) is 0 Å². The average molecular weight is 628 g/mol. The smallest absolute Gasteiger partial charge is 0.676 e. The molecule has 1 rings (SSSR count). The standard InChI is InChI=1S/C6H12N2.2C6H10NO4.Pt/c7-5-3-1-2-4-6(5)8;2*1-11-5(8)3-2-4(7)6(9)10;/h5-8H,1-4H2;2*4,7H,2-3H2,1H3,(H,9,10);/q-2;2*-1;+4. The van der Waals surface area contributed by atoms with Gasteiger partial charge in [0.1, 0.15) is 0 Å². The molecule has 12 nitrogen and oxygen atoms in total. The van der Waals surface area contributed by atoms with Crippen LogP contribution in [0.2, 0.25) is 0 Å². The molecule has 0 heterocycles. The van der Waals surface area contributed by atoms with Crippen LogP contribution >= 0.6 is 0 Å². The fourth-order valence-electron chi connectivity index (χ4n) is 2.11. The first kappa shape index (κ1) is 34.0. The first-order valence-corrected chi connectivity index (χ1v) is 9.39. The summed E-state index contributed by atoms with van der Waals surface area (Å²) in [5.74, 6) is -3.39. The van der Waals surface area contributed by atoms with Crippen molar-refractivity contribution in [2.75, 3.05) is 14.2 Å². The van der Waals surface area contributed by atoms with Gasteiger partial charge in [-0.3, -0.25) is 19.2 Å². The molecule has 1 aliphatic rings. The van der Waals surface area contributed by atoms with Crippen LogP contribution in [-0.2, 0) is 49.7 Å². The van der Waals surface area contributed by atoms with Crippen molar-refractivity contribution < 1.29 is 59.9 Å². The minimum Gasteiger partial charge on any atom is -0.676 e. The maximum Gasteiger partial charge on any atom is 4.00 e. The zero-order valence-corrected chi connectivity index (χ0v) is 19.9. The molecule has 0 saturated heterocycles. The van der Waals surface area contributed by atoms with E-state index in [0.29, 0.717) is 0 Å². The summed E-state index contributed by atoms with van der Waals surface area (Å²) < 4.78 is 8.53. The molecule has 0 aromatic rings. The molecule has 0 amide bonds. The molecule has 0 radical (unpaired) electrons. The summed E-state index contributed by atoms with van der Waals surface area (Å²) in [6.07, 6.45) is 4.22. The minimum absolute atomic E-state index is 0. The van der Waals surface area contributed by atoms with E-state index in [2.05, 4.69) is 9.47 Å². The molecule has 4 atom stereocenters. The average Bonchev–Trinajstić information content (AvgIpc) is 2.72. The van der Waals surface area contributed by atoms with Crippen LogP contribution in [0.25, 0.3) is 22.9 Å². The summed E-state index contributed by atoms with van der Waals surface area (Å²) in [4.78, 5) is 41.0. The molecule has 4 unspecified atom stereocenters. The second-order valence-electron chi connectivity index (χ2n) is 6.51. The molecule has 1 fully saturated rings. The summed E-state index contributed by atoms with van der Waals surface area (Å²) in [6, 6.07) is -2.62. The topological polar surface area (TPSA) is 222 Å². The van der Waals surface area contributed by atoms with E-state index in [-0.39, 0.29) is 58.8 Å². The summed E-state index contributed by atoms with van der Waals surface area (Å²) in [7, 11) is 2.45. The maximum atomic E-state index is 10.4. The van der Waals surface area contributed by atoms with E-state index in [1.165, 1.54) is 27.1 Å². The van der Waals surface area contributed by atoms with E-state index in [0.717, 1.165) is 12.8 Å². The van der Waals surface area contributed by atoms with Gasteiger partial charge < -0.3 is 42.6 Å². The Morgan fingerprint density at radius 1 is 0.806 bits per heavy atom. The second kappa shape index (κ2) is 20.3. The van der Waals surface area contributed by atoms with Crippen molar-refractivity contribution in [2.24, 2.45) is 0 Å². The first-order chi connectivity index (χ1) is 14.0. The van der Waals surface area contributed by atoms with Crippen LogP contribution in [0, 0.1) is 0 Å². The number of carboxylic acid groups (broad SMARTS) is 2. The van der Waals surface area contributed by atoms with Gasteiger partial charge in [-0.25, -0.2) is 0 Å². The molecule has 0 aromatic heterocycles. The minimum atomic E-state index is -1.23. The Balaban J connectivity index is -0.000000377. The molecule has 0 aromatic carbocycles. The maximum absolute atomic E-state index is 10.4. The molecule has 1 saturated carbocycles. The van der Waals surface area contributed by atoms with Crippen molar-refractivity contribution in [3.05, 3.63) is 22.9 Å². The molecular weight excluding hydrogens is 595 g/mol. The Labute approximate surface area is 196 Å². The van der Waals surface area contributed by atoms with Crippen molar-refractivity contribution in [2.45, 2.75) is 75.5 Å². The predicted octanol–water partition coefficient (Wildman–Crippen LogP) is 3.29. The number of carbonyl (C=O) groups is 4. The molecule has 0 aliphatic heterocycles. The van der Waals surface area contributed by atoms with Gasteiger partial charge in [0.25, 0.3) is 11.9 Å². The SMILES string of the molecule is COC(=O)CCC([NH-])C(=O)O.COC(=O)CCC([NH-])C(=O)O.[NH-]C1CCCCC1[NH-].[Pt+4]. The fourth-order valence-corrected chi connectivity index (χ4v) is 2.11. The number of carboxylic acids is 2. The third kappa shape index (κ3) is 20.1. The fraction of sp³-hybridized carbons (Fsp3) is 0.778. The Kier molecular flexibility index (Phi) is 22.3. The number of methoxy groups -OCH3 is 2. The van der Waals surface area contributed by atoms with Gasteiger partial charge in [-0.15, -0.1) is 0 Å². The predicted molar refractivity (Wildman–Crippen MR) is 109 cm³/mol. The van der Waals surface area contributed by atoms with Crippen LogP contribution in [0.5, 0.6) is 0 Å². The van der Waals surface area contributed by atoms with Crippen molar-refractivity contribution in [3.8, 4) is 0 Å². The normalized spacial score (nSPS) is 18.9. The third-order valence-corrected chi connectivity index (χ3v) is 4.09. The Morgan fingerprint density at radius 3 is 1.29 bits per heavy atom. The number of nitrogens with one attached hydrogen (secondary N) is 4. The summed E-state index contributed by atoms with van der Waals surface area (Å²) >= 11 is 0. The summed E-state index contributed by atoms with van der Waals surface area (Å²) in [5.41, 5.74) is 28.4. The monoisotopic (exact) mass is 627 g/mol. The summed E-state index contributed by atoms with van der Waals surface area (Å²) in [5, 5.41) is 16.5. The number of hydrogen-bond acceptors (Lipinski definition) is 6. The van der Waals surface area contributed by atoms with Gasteiger partial charge in [0.2, 0.25) is 0 Å². The zero-order chi connectivity index (χ0) is 23.7. The van der Waals surface area contributed by atoms with Gasteiger partial charge in [0.05, 0.1) is 14.2 Å². The second-order valence-corrected chi connectivity index (χ2v) is 6.51. The zero-order valence-electron chi connectivity index (χ0n) is 17.6. The molecule has 0 bridgehead atoms. The van der Waals surface area contributed by atoms with Crippen LogP contribution in [-0.4, -0.2) is 72.5 Å². The van der Waals surface area contributed by atoms with Gasteiger partial charge in [-0.2, -0.15) is 12.1 Å². The number of aliphatic carboxylic acids is 2. The van der Waals surface area contributed by atoms with Gasteiger partial charge in [-0.1, -0.05) is 25.7 Å². The van der Waals surface area contributed by atoms with Crippen LogP contribution in [0.4, 0.5) is 0 Å². The van der Waals surface area contributed by atoms with E-state index < -0.39 is 36.0 Å². The molecule has 0 spiro atoms. The van der Waals surface area contributed by atoms with Crippen molar-refractivity contribution in [1.29, 1.82) is 0 Å². The first-order valence-electron chi connectivity index (χ1n) is 9.39. The quantitative estimate of drug-likeness (QED) is 0.379. The van der Waals surface area contributed by atoms with Gasteiger partial charge in [0.15, 0.2) is 0 Å². The Bertz CT molecular complexity index is 493. The van der Waals surface area contributed by atoms with E-state index in [4.69, 9.17) is 33.1 Å². The molecule has 6 N–H and O–H groups in total. The Hall–Kier alpha value is -1.59. The van der Waals surface area contributed by atoms with Gasteiger partial charge in [0, 0.05) is 12.8 Å². The molecule has 1 aliphatic carbocycles. The number of ether oxygens (including phenoxy) is 2. The van der Waals surface area contributed by atoms with Crippen LogP contribution in [0.15, 0.2) is 0 Å². The third-order valence-electron chi connectivity index (χ3n) is 4.09.